The Kier molecular flexibility index (Phi) is 5.30. The van der Waals surface area contributed by atoms with Crippen molar-refractivity contribution in [1.82, 2.24) is 9.97 Å². The topological polar surface area (TPSA) is 55.3 Å². The Labute approximate surface area is 150 Å². The molecule has 0 amide bonds. The zero-order valence-corrected chi connectivity index (χ0v) is 16.2. The van der Waals surface area contributed by atoms with Gasteiger partial charge >= 0.3 is 5.97 Å². The molecule has 1 unspecified atom stereocenters. The molecule has 0 bridgehead atoms. The predicted octanol–water partition coefficient (Wildman–Crippen LogP) is 3.82. The Bertz CT molecular complexity index is 760. The minimum absolute atomic E-state index is 0.263. The van der Waals surface area contributed by atoms with Crippen LogP contribution in [0.25, 0.3) is 10.2 Å². The minimum atomic E-state index is -0.263. The van der Waals surface area contributed by atoms with E-state index in [2.05, 4.69) is 16.8 Å². The monoisotopic (exact) mass is 365 g/mol. The van der Waals surface area contributed by atoms with E-state index in [9.17, 15) is 4.79 Å². The Balaban J connectivity index is 2.14. The second-order valence-electron chi connectivity index (χ2n) is 5.99. The van der Waals surface area contributed by atoms with Crippen molar-refractivity contribution >= 4 is 45.1 Å². The molecule has 0 spiro atoms. The highest BCUT2D eigenvalue weighted by Crippen LogP contribution is 2.37. The predicted molar refractivity (Wildman–Crippen MR) is 102 cm³/mol. The fourth-order valence-electron chi connectivity index (χ4n) is 3.03. The van der Waals surface area contributed by atoms with E-state index in [1.54, 1.807) is 0 Å². The molecule has 3 heterocycles. The molecule has 2 aromatic heterocycles. The van der Waals surface area contributed by atoms with Crippen LogP contribution in [0.1, 0.15) is 41.3 Å². The molecule has 1 atom stereocenters. The van der Waals surface area contributed by atoms with Gasteiger partial charge in [-0.15, -0.1) is 11.3 Å². The molecule has 3 rings (SSSR count). The number of carbonyl (C=O) groups excluding carboxylic acids is 1. The van der Waals surface area contributed by atoms with E-state index in [4.69, 9.17) is 9.72 Å². The first-order valence-corrected chi connectivity index (χ1v) is 10.3. The van der Waals surface area contributed by atoms with Gasteiger partial charge in [0, 0.05) is 18.3 Å². The Morgan fingerprint density at radius 1 is 1.33 bits per heavy atom. The summed E-state index contributed by atoms with van der Waals surface area (Å²) in [5.41, 5.74) is 0.938. The number of aromatic nitrogens is 2. The SMILES string of the molecule is CCOC(=O)c1sc2nc(C)nc(N3CCSCCC3C)c2c1C. The van der Waals surface area contributed by atoms with Crippen LogP contribution in [0.15, 0.2) is 0 Å². The molecular weight excluding hydrogens is 342 g/mol. The second-order valence-corrected chi connectivity index (χ2v) is 8.22. The lowest BCUT2D eigenvalue weighted by molar-refractivity contribution is 0.0531. The number of thioether (sulfide) groups is 1. The maximum atomic E-state index is 12.3. The molecule has 7 heteroatoms. The first-order valence-electron chi connectivity index (χ1n) is 8.32. The lowest BCUT2D eigenvalue weighted by atomic mass is 10.1. The molecule has 1 aliphatic rings. The van der Waals surface area contributed by atoms with E-state index in [1.807, 2.05) is 32.5 Å². The van der Waals surface area contributed by atoms with Crippen LogP contribution in [-0.2, 0) is 4.74 Å². The summed E-state index contributed by atoms with van der Waals surface area (Å²) in [5, 5.41) is 1.01. The largest absolute Gasteiger partial charge is 0.462 e. The fraction of sp³-hybridized carbons (Fsp3) is 0.588. The van der Waals surface area contributed by atoms with Gasteiger partial charge in [-0.25, -0.2) is 14.8 Å². The molecule has 24 heavy (non-hydrogen) atoms. The highest BCUT2D eigenvalue weighted by atomic mass is 32.2. The van der Waals surface area contributed by atoms with Gasteiger partial charge < -0.3 is 9.64 Å². The van der Waals surface area contributed by atoms with E-state index in [-0.39, 0.29) is 5.97 Å². The summed E-state index contributed by atoms with van der Waals surface area (Å²) in [7, 11) is 0. The number of hydrogen-bond acceptors (Lipinski definition) is 7. The van der Waals surface area contributed by atoms with Crippen molar-refractivity contribution in [2.75, 3.05) is 29.6 Å². The van der Waals surface area contributed by atoms with Gasteiger partial charge in [0.2, 0.25) is 0 Å². The van der Waals surface area contributed by atoms with E-state index < -0.39 is 0 Å². The summed E-state index contributed by atoms with van der Waals surface area (Å²) in [5.74, 6) is 3.74. The number of fused-ring (bicyclic) bond motifs is 1. The lowest BCUT2D eigenvalue weighted by Gasteiger charge is -2.29. The zero-order valence-electron chi connectivity index (χ0n) is 14.6. The fourth-order valence-corrected chi connectivity index (χ4v) is 5.18. The van der Waals surface area contributed by atoms with Gasteiger partial charge in [0.25, 0.3) is 0 Å². The van der Waals surface area contributed by atoms with Gasteiger partial charge in [0.15, 0.2) is 0 Å². The minimum Gasteiger partial charge on any atom is -0.462 e. The number of thiophene rings is 1. The quantitative estimate of drug-likeness (QED) is 0.771. The van der Waals surface area contributed by atoms with Crippen molar-refractivity contribution in [1.29, 1.82) is 0 Å². The average molecular weight is 366 g/mol. The smallest absolute Gasteiger partial charge is 0.348 e. The first-order chi connectivity index (χ1) is 11.5. The van der Waals surface area contributed by atoms with E-state index >= 15 is 0 Å². The molecule has 0 N–H and O–H groups in total. The molecule has 1 aliphatic heterocycles. The molecular formula is C17H23N3O2S2. The van der Waals surface area contributed by atoms with Crippen LogP contribution in [0, 0.1) is 13.8 Å². The molecule has 0 radical (unpaired) electrons. The van der Waals surface area contributed by atoms with Crippen molar-refractivity contribution in [3.8, 4) is 0 Å². The summed E-state index contributed by atoms with van der Waals surface area (Å²) >= 11 is 3.41. The number of anilines is 1. The van der Waals surface area contributed by atoms with Crippen LogP contribution in [0.2, 0.25) is 0 Å². The van der Waals surface area contributed by atoms with Gasteiger partial charge in [-0.1, -0.05) is 0 Å². The van der Waals surface area contributed by atoms with E-state index in [1.165, 1.54) is 17.1 Å². The van der Waals surface area contributed by atoms with Crippen LogP contribution in [0.4, 0.5) is 5.82 Å². The van der Waals surface area contributed by atoms with Gasteiger partial charge in [-0.05, 0) is 45.4 Å². The van der Waals surface area contributed by atoms with E-state index in [0.717, 1.165) is 46.1 Å². The third-order valence-electron chi connectivity index (χ3n) is 4.30. The molecule has 0 saturated carbocycles. The average Bonchev–Trinajstić information content (AvgIpc) is 2.72. The van der Waals surface area contributed by atoms with Crippen LogP contribution in [0.5, 0.6) is 0 Å². The summed E-state index contributed by atoms with van der Waals surface area (Å²) in [4.78, 5) is 25.5. The number of hydrogen-bond donors (Lipinski definition) is 0. The van der Waals surface area contributed by atoms with Gasteiger partial charge in [-0.2, -0.15) is 11.8 Å². The summed E-state index contributed by atoms with van der Waals surface area (Å²) < 4.78 is 5.20. The lowest BCUT2D eigenvalue weighted by Crippen LogP contribution is -2.34. The molecule has 130 valence electrons. The molecule has 1 saturated heterocycles. The number of ether oxygens (including phenoxy) is 1. The third-order valence-corrected chi connectivity index (χ3v) is 6.47. The molecule has 0 aliphatic carbocycles. The first kappa shape index (κ1) is 17.5. The number of esters is 1. The number of rotatable bonds is 3. The highest BCUT2D eigenvalue weighted by molar-refractivity contribution is 7.99. The Hall–Kier alpha value is -1.34. The third kappa shape index (κ3) is 3.24. The Morgan fingerprint density at radius 2 is 2.12 bits per heavy atom. The number of aryl methyl sites for hydroxylation is 2. The van der Waals surface area contributed by atoms with Crippen LogP contribution >= 0.6 is 23.1 Å². The van der Waals surface area contributed by atoms with Crippen LogP contribution in [-0.4, -0.2) is 46.6 Å². The van der Waals surface area contributed by atoms with Gasteiger partial charge in [0.05, 0.1) is 12.0 Å². The Morgan fingerprint density at radius 3 is 2.88 bits per heavy atom. The molecule has 1 fully saturated rings. The normalized spacial score (nSPS) is 18.7. The van der Waals surface area contributed by atoms with Crippen molar-refractivity contribution in [2.45, 2.75) is 40.2 Å². The van der Waals surface area contributed by atoms with Crippen molar-refractivity contribution in [2.24, 2.45) is 0 Å². The maximum absolute atomic E-state index is 12.3. The summed E-state index contributed by atoms with van der Waals surface area (Å²) in [6, 6.07) is 0.433. The molecule has 5 nitrogen and oxygen atoms in total. The summed E-state index contributed by atoms with van der Waals surface area (Å²) in [6.45, 7) is 9.32. The van der Waals surface area contributed by atoms with Crippen LogP contribution in [0.3, 0.4) is 0 Å². The van der Waals surface area contributed by atoms with Crippen LogP contribution < -0.4 is 4.90 Å². The van der Waals surface area contributed by atoms with Gasteiger partial charge in [0.1, 0.15) is 21.3 Å². The molecule has 2 aromatic rings. The number of nitrogens with zero attached hydrogens (tertiary/aromatic N) is 3. The standard InChI is InChI=1S/C17H23N3O2S2/c1-5-22-17(21)14-11(3)13-15(18-12(4)19-16(13)24-14)20-7-9-23-8-6-10(20)2/h10H,5-9H2,1-4H3. The summed E-state index contributed by atoms with van der Waals surface area (Å²) in [6.07, 6.45) is 1.14. The zero-order chi connectivity index (χ0) is 17.3. The molecule has 0 aromatic carbocycles. The second kappa shape index (κ2) is 7.27. The maximum Gasteiger partial charge on any atom is 0.348 e. The van der Waals surface area contributed by atoms with Gasteiger partial charge in [-0.3, -0.25) is 0 Å². The number of carbonyl (C=O) groups is 1. The van der Waals surface area contributed by atoms with Crippen molar-refractivity contribution in [3.05, 3.63) is 16.3 Å². The van der Waals surface area contributed by atoms with Crippen molar-refractivity contribution < 1.29 is 9.53 Å². The van der Waals surface area contributed by atoms with Crippen molar-refractivity contribution in [3.63, 3.8) is 0 Å². The van der Waals surface area contributed by atoms with E-state index in [0.29, 0.717) is 17.5 Å². The highest BCUT2D eigenvalue weighted by Gasteiger charge is 2.26.